The van der Waals surface area contributed by atoms with Crippen LogP contribution in [0.25, 0.3) is 0 Å². The second-order valence-corrected chi connectivity index (χ2v) is 8.69. The molecule has 1 aromatic carbocycles. The van der Waals surface area contributed by atoms with Crippen LogP contribution in [0.4, 0.5) is 0 Å². The number of carbonyl (C=O) groups excluding carboxylic acids is 2. The molecule has 3 unspecified atom stereocenters. The first-order valence-electron chi connectivity index (χ1n) is 11.5. The van der Waals surface area contributed by atoms with Gasteiger partial charge in [-0.1, -0.05) is 68.5 Å². The Hall–Kier alpha value is -2.18. The van der Waals surface area contributed by atoms with Gasteiger partial charge in [-0.3, -0.25) is 9.59 Å². The van der Waals surface area contributed by atoms with E-state index < -0.39 is 12.0 Å². The first-order chi connectivity index (χ1) is 15.0. The van der Waals surface area contributed by atoms with Crippen LogP contribution >= 0.6 is 0 Å². The topological polar surface area (TPSA) is 98.7 Å². The Bertz CT molecular complexity index is 673. The summed E-state index contributed by atoms with van der Waals surface area (Å²) < 4.78 is 0. The highest BCUT2D eigenvalue weighted by Crippen LogP contribution is 2.27. The monoisotopic (exact) mass is 430 g/mol. The van der Waals surface area contributed by atoms with Gasteiger partial charge < -0.3 is 20.8 Å². The molecule has 6 heteroatoms. The zero-order valence-electron chi connectivity index (χ0n) is 18.5. The third-order valence-corrected chi connectivity index (χ3v) is 6.07. The van der Waals surface area contributed by atoms with E-state index >= 15 is 0 Å². The van der Waals surface area contributed by atoms with E-state index in [1.807, 2.05) is 30.3 Å². The van der Waals surface area contributed by atoms with Gasteiger partial charge in [0.15, 0.2) is 0 Å². The third kappa shape index (κ3) is 9.23. The van der Waals surface area contributed by atoms with Crippen molar-refractivity contribution >= 4 is 11.8 Å². The molecular weight excluding hydrogens is 392 g/mol. The molecule has 2 amide bonds. The summed E-state index contributed by atoms with van der Waals surface area (Å²) in [6.07, 6.45) is 9.32. The van der Waals surface area contributed by atoms with E-state index in [1.165, 1.54) is 19.3 Å². The molecule has 0 saturated heterocycles. The molecule has 0 aromatic heterocycles. The maximum atomic E-state index is 12.8. The Morgan fingerprint density at radius 1 is 1.03 bits per heavy atom. The normalized spacial score (nSPS) is 17.4. The number of carbonyl (C=O) groups is 2. The van der Waals surface area contributed by atoms with Crippen LogP contribution in [0.1, 0.15) is 56.9 Å². The fourth-order valence-corrected chi connectivity index (χ4v) is 4.38. The summed E-state index contributed by atoms with van der Waals surface area (Å²) in [6.45, 7) is 3.44. The summed E-state index contributed by atoms with van der Waals surface area (Å²) in [5, 5.41) is 25.2. The third-order valence-electron chi connectivity index (χ3n) is 6.07. The second-order valence-electron chi connectivity index (χ2n) is 8.69. The Balaban J connectivity index is 1.87. The van der Waals surface area contributed by atoms with E-state index in [0.29, 0.717) is 18.8 Å². The SMILES string of the molecule is C=CCC(CC(=O)NC(CO)Cc1ccccc1)C(=O)NC(CO)CC1CCCCC1. The minimum atomic E-state index is -0.547. The first kappa shape index (κ1) is 25.1. The smallest absolute Gasteiger partial charge is 0.224 e. The van der Waals surface area contributed by atoms with Gasteiger partial charge in [0.2, 0.25) is 11.8 Å². The van der Waals surface area contributed by atoms with Gasteiger partial charge in [0, 0.05) is 6.42 Å². The highest BCUT2D eigenvalue weighted by molar-refractivity contribution is 5.86. The molecule has 1 fully saturated rings. The predicted molar refractivity (Wildman–Crippen MR) is 122 cm³/mol. The molecular formula is C25H38N2O4. The molecule has 1 aliphatic carbocycles. The zero-order chi connectivity index (χ0) is 22.5. The maximum absolute atomic E-state index is 12.8. The second kappa shape index (κ2) is 14.0. The van der Waals surface area contributed by atoms with Gasteiger partial charge in [-0.25, -0.2) is 0 Å². The first-order valence-corrected chi connectivity index (χ1v) is 11.5. The molecule has 1 saturated carbocycles. The van der Waals surface area contributed by atoms with Gasteiger partial charge in [-0.2, -0.15) is 0 Å². The van der Waals surface area contributed by atoms with Gasteiger partial charge in [0.1, 0.15) is 0 Å². The van der Waals surface area contributed by atoms with Gasteiger partial charge in [-0.15, -0.1) is 6.58 Å². The fraction of sp³-hybridized carbons (Fsp3) is 0.600. The zero-order valence-corrected chi connectivity index (χ0v) is 18.5. The van der Waals surface area contributed by atoms with Crippen LogP contribution in [0.2, 0.25) is 0 Å². The minimum absolute atomic E-state index is 0.0186. The lowest BCUT2D eigenvalue weighted by molar-refractivity contribution is -0.131. The summed E-state index contributed by atoms with van der Waals surface area (Å²) in [6, 6.07) is 8.96. The quantitative estimate of drug-likeness (QED) is 0.362. The molecule has 172 valence electrons. The number of aliphatic hydroxyl groups is 2. The van der Waals surface area contributed by atoms with Crippen LogP contribution in [0.3, 0.4) is 0 Å². The van der Waals surface area contributed by atoms with Crippen LogP contribution in [0.15, 0.2) is 43.0 Å². The summed E-state index contributed by atoms with van der Waals surface area (Å²) in [5.41, 5.74) is 1.02. The number of allylic oxidation sites excluding steroid dienone is 1. The minimum Gasteiger partial charge on any atom is -0.394 e. The molecule has 4 N–H and O–H groups in total. The van der Waals surface area contributed by atoms with Crippen LogP contribution < -0.4 is 10.6 Å². The summed E-state index contributed by atoms with van der Waals surface area (Å²) in [4.78, 5) is 25.4. The highest BCUT2D eigenvalue weighted by atomic mass is 16.3. The van der Waals surface area contributed by atoms with Gasteiger partial charge in [-0.05, 0) is 30.7 Å². The van der Waals surface area contributed by atoms with Crippen LogP contribution in [-0.4, -0.2) is 47.3 Å². The number of nitrogens with one attached hydrogen (secondary N) is 2. The van der Waals surface area contributed by atoms with Crippen molar-refractivity contribution in [1.82, 2.24) is 10.6 Å². The Morgan fingerprint density at radius 2 is 1.71 bits per heavy atom. The molecule has 1 aliphatic rings. The standard InChI is InChI=1S/C25H38N2O4/c1-2-9-21(25(31)27-23(18-29)15-20-12-7-4-8-13-20)16-24(30)26-22(17-28)14-19-10-5-3-6-11-19/h2-3,5-6,10-11,20-23,28-29H,1,4,7-9,12-18H2,(H,26,30)(H,27,31). The molecule has 0 radical (unpaired) electrons. The Labute approximate surface area is 186 Å². The lowest BCUT2D eigenvalue weighted by atomic mass is 9.85. The van der Waals surface area contributed by atoms with E-state index in [4.69, 9.17) is 0 Å². The fourth-order valence-electron chi connectivity index (χ4n) is 4.38. The van der Waals surface area contributed by atoms with Gasteiger partial charge in [0.05, 0.1) is 31.2 Å². The lowest BCUT2D eigenvalue weighted by Gasteiger charge is -2.27. The van der Waals surface area contributed by atoms with E-state index in [1.54, 1.807) is 6.08 Å². The molecule has 6 nitrogen and oxygen atoms in total. The number of hydrogen-bond acceptors (Lipinski definition) is 4. The van der Waals surface area contributed by atoms with E-state index in [0.717, 1.165) is 24.8 Å². The molecule has 0 spiro atoms. The Morgan fingerprint density at radius 3 is 2.32 bits per heavy atom. The number of benzene rings is 1. The Kier molecular flexibility index (Phi) is 11.3. The summed E-state index contributed by atoms with van der Waals surface area (Å²) >= 11 is 0. The van der Waals surface area contributed by atoms with E-state index in [9.17, 15) is 19.8 Å². The molecule has 0 aliphatic heterocycles. The molecule has 0 heterocycles. The molecule has 2 rings (SSSR count). The predicted octanol–water partition coefficient (Wildman–Crippen LogP) is 2.74. The van der Waals surface area contributed by atoms with E-state index in [2.05, 4.69) is 17.2 Å². The highest BCUT2D eigenvalue weighted by Gasteiger charge is 2.26. The van der Waals surface area contributed by atoms with Crippen molar-refractivity contribution in [1.29, 1.82) is 0 Å². The largest absolute Gasteiger partial charge is 0.394 e. The van der Waals surface area contributed by atoms with Crippen LogP contribution in [0, 0.1) is 11.8 Å². The van der Waals surface area contributed by atoms with Crippen molar-refractivity contribution in [2.24, 2.45) is 11.8 Å². The summed E-state index contributed by atoms with van der Waals surface area (Å²) in [7, 11) is 0. The van der Waals surface area contributed by atoms with E-state index in [-0.39, 0.29) is 37.5 Å². The molecule has 1 aromatic rings. The van der Waals surface area contributed by atoms with Crippen molar-refractivity contribution in [3.05, 3.63) is 48.6 Å². The van der Waals surface area contributed by atoms with Crippen molar-refractivity contribution in [2.75, 3.05) is 13.2 Å². The maximum Gasteiger partial charge on any atom is 0.224 e. The number of aliphatic hydroxyl groups excluding tert-OH is 2. The number of hydrogen-bond donors (Lipinski definition) is 4. The van der Waals surface area contributed by atoms with Crippen molar-refractivity contribution in [3.63, 3.8) is 0 Å². The molecule has 31 heavy (non-hydrogen) atoms. The average Bonchev–Trinajstić information content (AvgIpc) is 2.79. The average molecular weight is 431 g/mol. The molecule has 0 bridgehead atoms. The van der Waals surface area contributed by atoms with Gasteiger partial charge >= 0.3 is 0 Å². The number of amides is 2. The summed E-state index contributed by atoms with van der Waals surface area (Å²) in [5.74, 6) is -0.511. The van der Waals surface area contributed by atoms with Crippen molar-refractivity contribution in [3.8, 4) is 0 Å². The number of rotatable bonds is 13. The van der Waals surface area contributed by atoms with Crippen molar-refractivity contribution < 1.29 is 19.8 Å². The van der Waals surface area contributed by atoms with Crippen LogP contribution in [-0.2, 0) is 16.0 Å². The lowest BCUT2D eigenvalue weighted by Crippen LogP contribution is -2.45. The van der Waals surface area contributed by atoms with Gasteiger partial charge in [0.25, 0.3) is 0 Å². The van der Waals surface area contributed by atoms with Crippen molar-refractivity contribution in [2.45, 2.75) is 69.9 Å². The van der Waals surface area contributed by atoms with Crippen LogP contribution in [0.5, 0.6) is 0 Å². The molecule has 3 atom stereocenters.